The van der Waals surface area contributed by atoms with E-state index in [1.54, 1.807) is 0 Å². The van der Waals surface area contributed by atoms with E-state index in [0.717, 1.165) is 0 Å². The lowest BCUT2D eigenvalue weighted by Gasteiger charge is -2.20. The van der Waals surface area contributed by atoms with Crippen LogP contribution in [0, 0.1) is 10.1 Å². The van der Waals surface area contributed by atoms with Crippen LogP contribution >= 0.6 is 11.6 Å². The zero-order chi connectivity index (χ0) is 13.3. The molecule has 1 aliphatic carbocycles. The number of hydrogen-bond acceptors (Lipinski definition) is 4. The average Bonchev–Trinajstić information content (AvgIpc) is 2.30. The molecule has 1 aromatic rings. The molecule has 0 spiro atoms. The van der Waals surface area contributed by atoms with Gasteiger partial charge in [-0.15, -0.1) is 0 Å². The fourth-order valence-electron chi connectivity index (χ4n) is 2.12. The van der Waals surface area contributed by atoms with Crippen molar-refractivity contribution in [2.45, 2.75) is 25.2 Å². The third-order valence-electron chi connectivity index (χ3n) is 3.00. The number of non-ortho nitro benzene ring substituents is 1. The number of nitro groups is 1. The summed E-state index contributed by atoms with van der Waals surface area (Å²) < 4.78 is 0. The molecule has 0 saturated heterocycles. The van der Waals surface area contributed by atoms with E-state index >= 15 is 0 Å². The summed E-state index contributed by atoms with van der Waals surface area (Å²) in [6, 6.07) is 3.83. The van der Waals surface area contributed by atoms with Crippen LogP contribution in [0.15, 0.2) is 18.2 Å². The van der Waals surface area contributed by atoms with Gasteiger partial charge in [-0.1, -0.05) is 11.6 Å². The normalized spacial score (nSPS) is 16.9. The quantitative estimate of drug-likeness (QED) is 0.469. The maximum Gasteiger partial charge on any atom is 0.270 e. The Morgan fingerprint density at radius 3 is 2.33 bits per heavy atom. The van der Waals surface area contributed by atoms with E-state index in [-0.39, 0.29) is 22.3 Å². The number of ketones is 2. The van der Waals surface area contributed by atoms with Crippen LogP contribution in [-0.4, -0.2) is 16.5 Å². The highest BCUT2D eigenvalue weighted by atomic mass is 35.5. The van der Waals surface area contributed by atoms with E-state index in [9.17, 15) is 19.7 Å². The van der Waals surface area contributed by atoms with Gasteiger partial charge < -0.3 is 0 Å². The molecule has 18 heavy (non-hydrogen) atoms. The molecule has 0 radical (unpaired) electrons. The van der Waals surface area contributed by atoms with Crippen molar-refractivity contribution >= 4 is 28.9 Å². The molecule has 0 N–H and O–H groups in total. The van der Waals surface area contributed by atoms with Crippen molar-refractivity contribution < 1.29 is 14.5 Å². The second-order valence-corrected chi connectivity index (χ2v) is 4.59. The molecule has 0 bridgehead atoms. The number of Topliss-reactive ketones (excluding diaryl/α,β-unsaturated/α-hetero) is 2. The van der Waals surface area contributed by atoms with Crippen molar-refractivity contribution in [1.29, 1.82) is 0 Å². The number of nitro benzene ring substituents is 1. The van der Waals surface area contributed by atoms with Crippen LogP contribution in [0.2, 0.25) is 5.02 Å². The van der Waals surface area contributed by atoms with E-state index in [1.807, 2.05) is 0 Å². The molecule has 1 aliphatic rings. The Morgan fingerprint density at radius 1 is 1.22 bits per heavy atom. The molecular formula is C12H10ClNO4. The number of rotatable bonds is 2. The predicted molar refractivity (Wildman–Crippen MR) is 64.7 cm³/mol. The molecule has 5 nitrogen and oxygen atoms in total. The van der Waals surface area contributed by atoms with Crippen molar-refractivity contribution in [3.63, 3.8) is 0 Å². The minimum Gasteiger partial charge on any atom is -0.299 e. The van der Waals surface area contributed by atoms with E-state index < -0.39 is 10.8 Å². The molecule has 2 rings (SSSR count). The monoisotopic (exact) mass is 267 g/mol. The molecule has 1 fully saturated rings. The Labute approximate surface area is 108 Å². The summed E-state index contributed by atoms with van der Waals surface area (Å²) in [6.45, 7) is 0. The summed E-state index contributed by atoms with van der Waals surface area (Å²) in [6.07, 6.45) is 1.27. The van der Waals surface area contributed by atoms with Crippen LogP contribution in [0.3, 0.4) is 0 Å². The summed E-state index contributed by atoms with van der Waals surface area (Å²) in [7, 11) is 0. The van der Waals surface area contributed by atoms with E-state index in [1.165, 1.54) is 18.2 Å². The first kappa shape index (κ1) is 12.7. The highest BCUT2D eigenvalue weighted by Crippen LogP contribution is 2.33. The first-order chi connectivity index (χ1) is 8.50. The zero-order valence-corrected chi connectivity index (χ0v) is 10.1. The van der Waals surface area contributed by atoms with E-state index in [4.69, 9.17) is 11.6 Å². The number of halogens is 1. The average molecular weight is 268 g/mol. The predicted octanol–water partition coefficient (Wildman–Crippen LogP) is 2.65. The summed E-state index contributed by atoms with van der Waals surface area (Å²) in [5, 5.41) is 10.7. The number of nitrogens with zero attached hydrogens (tertiary/aromatic N) is 1. The van der Waals surface area contributed by atoms with Crippen LogP contribution in [0.5, 0.6) is 0 Å². The fourth-order valence-corrected chi connectivity index (χ4v) is 2.40. The van der Waals surface area contributed by atoms with E-state index in [2.05, 4.69) is 0 Å². The topological polar surface area (TPSA) is 77.3 Å². The largest absolute Gasteiger partial charge is 0.299 e. The van der Waals surface area contributed by atoms with Crippen molar-refractivity contribution in [2.75, 3.05) is 0 Å². The van der Waals surface area contributed by atoms with Crippen molar-refractivity contribution in [3.8, 4) is 0 Å². The molecular weight excluding hydrogens is 258 g/mol. The third kappa shape index (κ3) is 2.26. The highest BCUT2D eigenvalue weighted by molar-refractivity contribution is 6.32. The SMILES string of the molecule is O=C1CCCC(=O)C1c1ccc([N+](=O)[O-])cc1Cl. The highest BCUT2D eigenvalue weighted by Gasteiger charge is 2.33. The maximum atomic E-state index is 11.8. The Morgan fingerprint density at radius 2 is 1.83 bits per heavy atom. The molecule has 0 aliphatic heterocycles. The molecule has 94 valence electrons. The number of hydrogen-bond donors (Lipinski definition) is 0. The van der Waals surface area contributed by atoms with Crippen LogP contribution < -0.4 is 0 Å². The van der Waals surface area contributed by atoms with Gasteiger partial charge in [-0.25, -0.2) is 0 Å². The Kier molecular flexibility index (Phi) is 3.43. The van der Waals surface area contributed by atoms with Gasteiger partial charge in [0.05, 0.1) is 9.95 Å². The molecule has 0 amide bonds. The Hall–Kier alpha value is -1.75. The third-order valence-corrected chi connectivity index (χ3v) is 3.32. The molecule has 1 saturated carbocycles. The summed E-state index contributed by atoms with van der Waals surface area (Å²) >= 11 is 5.93. The molecule has 6 heteroatoms. The molecule has 0 atom stereocenters. The lowest BCUT2D eigenvalue weighted by atomic mass is 9.82. The second kappa shape index (κ2) is 4.86. The van der Waals surface area contributed by atoms with Crippen LogP contribution in [0.1, 0.15) is 30.7 Å². The van der Waals surface area contributed by atoms with Gasteiger partial charge in [0.25, 0.3) is 5.69 Å². The van der Waals surface area contributed by atoms with Gasteiger partial charge >= 0.3 is 0 Å². The minimum atomic E-state index is -0.855. The molecule has 0 heterocycles. The number of benzene rings is 1. The second-order valence-electron chi connectivity index (χ2n) is 4.18. The number of carbonyl (C=O) groups excluding carboxylic acids is 2. The van der Waals surface area contributed by atoms with Crippen LogP contribution in [0.25, 0.3) is 0 Å². The van der Waals surface area contributed by atoms with Gasteiger partial charge in [0, 0.05) is 25.0 Å². The fraction of sp³-hybridized carbons (Fsp3) is 0.333. The Bertz CT molecular complexity index is 525. The lowest BCUT2D eigenvalue weighted by Crippen LogP contribution is -2.26. The van der Waals surface area contributed by atoms with Gasteiger partial charge in [0.1, 0.15) is 17.5 Å². The Balaban J connectivity index is 2.41. The number of carbonyl (C=O) groups is 2. The van der Waals surface area contributed by atoms with Gasteiger partial charge in [0.15, 0.2) is 0 Å². The zero-order valence-electron chi connectivity index (χ0n) is 9.39. The molecule has 1 aromatic carbocycles. The first-order valence-electron chi connectivity index (χ1n) is 5.50. The summed E-state index contributed by atoms with van der Waals surface area (Å²) in [5.74, 6) is -1.18. The minimum absolute atomic E-state index is 0.0952. The van der Waals surface area contributed by atoms with Crippen molar-refractivity contribution in [1.82, 2.24) is 0 Å². The van der Waals surface area contributed by atoms with Gasteiger partial charge in [-0.2, -0.15) is 0 Å². The molecule has 0 aromatic heterocycles. The smallest absolute Gasteiger partial charge is 0.270 e. The van der Waals surface area contributed by atoms with Gasteiger partial charge in [-0.05, 0) is 18.1 Å². The summed E-state index contributed by atoms with van der Waals surface area (Å²) in [4.78, 5) is 33.5. The van der Waals surface area contributed by atoms with E-state index in [0.29, 0.717) is 24.8 Å². The maximum absolute atomic E-state index is 11.8. The lowest BCUT2D eigenvalue weighted by molar-refractivity contribution is -0.384. The standard InChI is InChI=1S/C12H10ClNO4/c13-9-6-7(14(17)18)4-5-8(9)12-10(15)2-1-3-11(12)16/h4-6,12H,1-3H2. The van der Waals surface area contributed by atoms with Gasteiger partial charge in [0.2, 0.25) is 0 Å². The van der Waals surface area contributed by atoms with Gasteiger partial charge in [-0.3, -0.25) is 19.7 Å². The van der Waals surface area contributed by atoms with Crippen LogP contribution in [0.4, 0.5) is 5.69 Å². The summed E-state index contributed by atoms with van der Waals surface area (Å²) in [5.41, 5.74) is 0.219. The first-order valence-corrected chi connectivity index (χ1v) is 5.88. The molecule has 0 unspecified atom stereocenters. The van der Waals surface area contributed by atoms with Crippen molar-refractivity contribution in [3.05, 3.63) is 38.9 Å². The van der Waals surface area contributed by atoms with Crippen molar-refractivity contribution in [2.24, 2.45) is 0 Å². The van der Waals surface area contributed by atoms with Crippen LogP contribution in [-0.2, 0) is 9.59 Å².